The summed E-state index contributed by atoms with van der Waals surface area (Å²) in [5.41, 5.74) is 3.12. The molecule has 0 aliphatic heterocycles. The van der Waals surface area contributed by atoms with E-state index in [0.717, 1.165) is 65.3 Å². The van der Waals surface area contributed by atoms with Crippen molar-refractivity contribution in [3.8, 4) is 11.3 Å². The van der Waals surface area contributed by atoms with Gasteiger partial charge in [-0.1, -0.05) is 55.1 Å². The first-order valence-electron chi connectivity index (χ1n) is 9.65. The molecule has 0 spiro atoms. The van der Waals surface area contributed by atoms with Crippen LogP contribution in [0.1, 0.15) is 56.4 Å². The highest BCUT2D eigenvalue weighted by Crippen LogP contribution is 2.32. The molecule has 1 N–H and O–H groups in total. The second-order valence-corrected chi connectivity index (χ2v) is 7.82. The number of aromatic nitrogens is 3. The zero-order valence-electron chi connectivity index (χ0n) is 15.9. The molecule has 144 valence electrons. The topological polar surface area (TPSA) is 60.0 Å². The molecule has 1 aromatic carbocycles. The van der Waals surface area contributed by atoms with Crippen LogP contribution in [0.15, 0.2) is 34.9 Å². The molecule has 2 heterocycles. The minimum atomic E-state index is -0.928. The normalized spacial score (nSPS) is 11.4. The summed E-state index contributed by atoms with van der Waals surface area (Å²) in [4.78, 5) is 11.7. The van der Waals surface area contributed by atoms with Gasteiger partial charge in [0, 0.05) is 40.2 Å². The van der Waals surface area contributed by atoms with Gasteiger partial charge < -0.3 is 9.67 Å². The van der Waals surface area contributed by atoms with Crippen molar-refractivity contribution in [3.05, 3.63) is 40.6 Å². The molecule has 0 saturated carbocycles. The van der Waals surface area contributed by atoms with E-state index >= 15 is 0 Å². The lowest BCUT2D eigenvalue weighted by Gasteiger charge is -2.03. The smallest absolute Gasteiger partial charge is 0.354 e. The summed E-state index contributed by atoms with van der Waals surface area (Å²) in [6.45, 7) is 5.89. The Kier molecular flexibility index (Phi) is 6.37. The van der Waals surface area contributed by atoms with Crippen LogP contribution in [-0.2, 0) is 13.1 Å². The van der Waals surface area contributed by atoms with Crippen molar-refractivity contribution in [1.29, 1.82) is 0 Å². The van der Waals surface area contributed by atoms with Crippen LogP contribution >= 0.6 is 15.9 Å². The molecule has 0 unspecified atom stereocenters. The molecule has 0 atom stereocenters. The molecule has 0 aliphatic rings. The van der Waals surface area contributed by atoms with Crippen molar-refractivity contribution < 1.29 is 9.90 Å². The number of carboxylic acids is 1. The van der Waals surface area contributed by atoms with Crippen LogP contribution in [0, 0.1) is 0 Å². The van der Waals surface area contributed by atoms with E-state index in [1.807, 2.05) is 6.07 Å². The number of carbonyl (C=O) groups is 1. The summed E-state index contributed by atoms with van der Waals surface area (Å²) in [5.74, 6) is -0.928. The third kappa shape index (κ3) is 4.26. The lowest BCUT2D eigenvalue weighted by atomic mass is 10.1. The molecule has 2 aromatic heterocycles. The summed E-state index contributed by atoms with van der Waals surface area (Å²) in [5, 5.41) is 15.3. The van der Waals surface area contributed by atoms with Crippen molar-refractivity contribution in [3.63, 3.8) is 0 Å². The highest BCUT2D eigenvalue weighted by molar-refractivity contribution is 9.10. The zero-order chi connectivity index (χ0) is 19.4. The van der Waals surface area contributed by atoms with Crippen molar-refractivity contribution in [1.82, 2.24) is 14.3 Å². The van der Waals surface area contributed by atoms with Gasteiger partial charge in [-0.05, 0) is 31.0 Å². The van der Waals surface area contributed by atoms with E-state index in [1.54, 1.807) is 10.7 Å². The van der Waals surface area contributed by atoms with Crippen molar-refractivity contribution >= 4 is 32.8 Å². The largest absolute Gasteiger partial charge is 0.477 e. The Labute approximate surface area is 168 Å². The number of aromatic carboxylic acids is 1. The van der Waals surface area contributed by atoms with Crippen molar-refractivity contribution in [2.45, 2.75) is 59.0 Å². The fourth-order valence-electron chi connectivity index (χ4n) is 3.39. The number of carboxylic acid groups (broad SMARTS) is 1. The number of rotatable bonds is 9. The number of unbranched alkanes of at least 4 members (excludes halogenated alkanes) is 3. The summed E-state index contributed by atoms with van der Waals surface area (Å²) < 4.78 is 4.92. The Hall–Kier alpha value is -2.08. The van der Waals surface area contributed by atoms with E-state index < -0.39 is 5.97 Å². The van der Waals surface area contributed by atoms with E-state index in [-0.39, 0.29) is 5.69 Å². The molecule has 6 heteroatoms. The maximum absolute atomic E-state index is 11.7. The molecule has 3 rings (SSSR count). The van der Waals surface area contributed by atoms with Gasteiger partial charge >= 0.3 is 5.97 Å². The predicted molar refractivity (Wildman–Crippen MR) is 112 cm³/mol. The minimum Gasteiger partial charge on any atom is -0.477 e. The first-order valence-corrected chi connectivity index (χ1v) is 10.4. The monoisotopic (exact) mass is 431 g/mol. The van der Waals surface area contributed by atoms with Gasteiger partial charge in [0.25, 0.3) is 0 Å². The van der Waals surface area contributed by atoms with Gasteiger partial charge in [-0.2, -0.15) is 5.10 Å². The van der Waals surface area contributed by atoms with Crippen LogP contribution in [0.3, 0.4) is 0 Å². The average molecular weight is 432 g/mol. The van der Waals surface area contributed by atoms with Gasteiger partial charge in [-0.3, -0.25) is 4.68 Å². The lowest BCUT2D eigenvalue weighted by molar-refractivity contribution is 0.0683. The molecule has 0 bridgehead atoms. The van der Waals surface area contributed by atoms with Crippen molar-refractivity contribution in [2.75, 3.05) is 0 Å². The lowest BCUT2D eigenvalue weighted by Crippen LogP contribution is -2.10. The number of fused-ring (bicyclic) bond motifs is 1. The Morgan fingerprint density at radius 3 is 2.59 bits per heavy atom. The van der Waals surface area contributed by atoms with Crippen LogP contribution in [0.25, 0.3) is 22.2 Å². The van der Waals surface area contributed by atoms with E-state index in [2.05, 4.69) is 57.8 Å². The Bertz CT molecular complexity index is 942. The SMILES string of the molecule is CCCCCn1nc(-c2cn(CCCC)c3cc(Br)ccc23)cc1C(=O)O. The first-order chi connectivity index (χ1) is 13.0. The molecule has 0 aliphatic carbocycles. The van der Waals surface area contributed by atoms with Crippen LogP contribution in [0.5, 0.6) is 0 Å². The van der Waals surface area contributed by atoms with Gasteiger partial charge in [0.2, 0.25) is 0 Å². The standard InChI is InChI=1S/C21H26BrN3O2/c1-3-5-7-11-25-20(21(26)27)13-18(23-25)17-14-24(10-6-4-2)19-12-15(22)8-9-16(17)19/h8-9,12-14H,3-7,10-11H2,1-2H3,(H,26,27). The summed E-state index contributed by atoms with van der Waals surface area (Å²) in [7, 11) is 0. The Morgan fingerprint density at radius 2 is 1.89 bits per heavy atom. The number of hydrogen-bond acceptors (Lipinski definition) is 2. The fourth-order valence-corrected chi connectivity index (χ4v) is 3.73. The number of hydrogen-bond donors (Lipinski definition) is 1. The third-order valence-electron chi connectivity index (χ3n) is 4.85. The maximum atomic E-state index is 11.7. The van der Waals surface area contributed by atoms with Gasteiger partial charge in [0.1, 0.15) is 5.69 Å². The predicted octanol–water partition coefficient (Wildman–Crippen LogP) is 5.96. The van der Waals surface area contributed by atoms with Crippen LogP contribution in [-0.4, -0.2) is 25.4 Å². The number of halogens is 1. The minimum absolute atomic E-state index is 0.257. The number of aryl methyl sites for hydroxylation is 2. The molecular weight excluding hydrogens is 406 g/mol. The molecule has 0 fully saturated rings. The number of benzene rings is 1. The summed E-state index contributed by atoms with van der Waals surface area (Å²) >= 11 is 3.56. The molecule has 0 saturated heterocycles. The fraction of sp³-hybridized carbons (Fsp3) is 0.429. The number of nitrogens with zero attached hydrogens (tertiary/aromatic N) is 3. The Morgan fingerprint density at radius 1 is 1.11 bits per heavy atom. The highest BCUT2D eigenvalue weighted by atomic mass is 79.9. The van der Waals surface area contributed by atoms with Gasteiger partial charge in [-0.15, -0.1) is 0 Å². The van der Waals surface area contributed by atoms with E-state index in [1.165, 1.54) is 0 Å². The zero-order valence-corrected chi connectivity index (χ0v) is 17.5. The summed E-state index contributed by atoms with van der Waals surface area (Å²) in [6, 6.07) is 7.92. The quantitative estimate of drug-likeness (QED) is 0.425. The summed E-state index contributed by atoms with van der Waals surface area (Å²) in [6.07, 6.45) is 7.43. The Balaban J connectivity index is 2.06. The van der Waals surface area contributed by atoms with E-state index in [4.69, 9.17) is 0 Å². The van der Waals surface area contributed by atoms with Crippen LogP contribution in [0.4, 0.5) is 0 Å². The molecule has 27 heavy (non-hydrogen) atoms. The second kappa shape index (κ2) is 8.74. The molecular formula is C21H26BrN3O2. The van der Waals surface area contributed by atoms with E-state index in [9.17, 15) is 9.90 Å². The van der Waals surface area contributed by atoms with E-state index in [0.29, 0.717) is 6.54 Å². The molecule has 5 nitrogen and oxygen atoms in total. The molecule has 3 aromatic rings. The second-order valence-electron chi connectivity index (χ2n) is 6.90. The molecule has 0 radical (unpaired) electrons. The van der Waals surface area contributed by atoms with Gasteiger partial charge in [-0.25, -0.2) is 4.79 Å². The first kappa shape index (κ1) is 19.7. The average Bonchev–Trinajstić information content (AvgIpc) is 3.21. The molecule has 0 amide bonds. The van der Waals surface area contributed by atoms with Crippen molar-refractivity contribution in [2.24, 2.45) is 0 Å². The highest BCUT2D eigenvalue weighted by Gasteiger charge is 2.18. The van der Waals surface area contributed by atoms with Gasteiger partial charge in [0.15, 0.2) is 0 Å². The van der Waals surface area contributed by atoms with Crippen LogP contribution < -0.4 is 0 Å². The van der Waals surface area contributed by atoms with Gasteiger partial charge in [0.05, 0.1) is 5.69 Å². The third-order valence-corrected chi connectivity index (χ3v) is 5.34. The maximum Gasteiger partial charge on any atom is 0.354 e. The van der Waals surface area contributed by atoms with Crippen LogP contribution in [0.2, 0.25) is 0 Å².